The third-order valence-corrected chi connectivity index (χ3v) is 5.96. The Hall–Kier alpha value is -3.61. The second kappa shape index (κ2) is 11.9. The normalized spacial score (nSPS) is 11.3. The van der Waals surface area contributed by atoms with E-state index in [4.69, 9.17) is 9.84 Å². The second-order valence-corrected chi connectivity index (χ2v) is 10.1. The van der Waals surface area contributed by atoms with Crippen molar-refractivity contribution in [1.82, 2.24) is 14.7 Å². The minimum Gasteiger partial charge on any atom is -0.497 e. The molecule has 0 saturated heterocycles. The summed E-state index contributed by atoms with van der Waals surface area (Å²) in [5.74, 6) is 0.730. The molecule has 0 spiro atoms. The highest BCUT2D eigenvalue weighted by Crippen LogP contribution is 2.26. The van der Waals surface area contributed by atoms with E-state index in [0.717, 1.165) is 36.2 Å². The highest BCUT2D eigenvalue weighted by atomic mass is 16.5. The van der Waals surface area contributed by atoms with Crippen LogP contribution in [0.2, 0.25) is 0 Å². The Morgan fingerprint density at radius 2 is 1.81 bits per heavy atom. The van der Waals surface area contributed by atoms with Crippen LogP contribution in [0, 0.1) is 6.92 Å². The van der Waals surface area contributed by atoms with Gasteiger partial charge in [-0.3, -0.25) is 9.59 Å². The van der Waals surface area contributed by atoms with Crippen molar-refractivity contribution in [2.75, 3.05) is 25.5 Å². The number of nitrogens with one attached hydrogen (secondary N) is 1. The summed E-state index contributed by atoms with van der Waals surface area (Å²) in [5.41, 5.74) is 3.14. The van der Waals surface area contributed by atoms with E-state index in [9.17, 15) is 9.59 Å². The topological polar surface area (TPSA) is 76.5 Å². The summed E-state index contributed by atoms with van der Waals surface area (Å²) in [6.45, 7) is 10.8. The summed E-state index contributed by atoms with van der Waals surface area (Å²) < 4.78 is 7.04. The number of aromatic nitrogens is 2. The predicted octanol–water partition coefficient (Wildman–Crippen LogP) is 5.76. The molecule has 192 valence electrons. The number of nitrogens with zero attached hydrogens (tertiary/aromatic N) is 3. The Morgan fingerprint density at radius 3 is 2.47 bits per heavy atom. The number of amides is 2. The van der Waals surface area contributed by atoms with Gasteiger partial charge in [0.1, 0.15) is 18.1 Å². The Bertz CT molecular complexity index is 1190. The highest BCUT2D eigenvalue weighted by molar-refractivity contribution is 5.99. The first kappa shape index (κ1) is 27.0. The Balaban J connectivity index is 1.86. The fourth-order valence-electron chi connectivity index (χ4n) is 3.89. The predicted molar refractivity (Wildman–Crippen MR) is 144 cm³/mol. The second-order valence-electron chi connectivity index (χ2n) is 10.1. The molecule has 2 aromatic carbocycles. The van der Waals surface area contributed by atoms with Gasteiger partial charge >= 0.3 is 0 Å². The van der Waals surface area contributed by atoms with E-state index in [2.05, 4.69) is 33.0 Å². The Morgan fingerprint density at radius 1 is 1.06 bits per heavy atom. The molecule has 2 amide bonds. The lowest BCUT2D eigenvalue weighted by Crippen LogP contribution is -2.39. The summed E-state index contributed by atoms with van der Waals surface area (Å²) in [6, 6.07) is 16.9. The van der Waals surface area contributed by atoms with E-state index in [1.807, 2.05) is 37.3 Å². The molecule has 0 radical (unpaired) electrons. The molecule has 0 saturated carbocycles. The van der Waals surface area contributed by atoms with Crippen LogP contribution in [-0.2, 0) is 10.2 Å². The molecule has 36 heavy (non-hydrogen) atoms. The molecule has 0 fully saturated rings. The number of hydrogen-bond donors (Lipinski definition) is 1. The van der Waals surface area contributed by atoms with Gasteiger partial charge in [0.25, 0.3) is 5.91 Å². The largest absolute Gasteiger partial charge is 0.497 e. The standard InChI is InChI=1S/C29H38N4O3/c1-7-8-9-16-32(28(35)22-13-11-15-24(18-22)36-6)20-27(34)30-26-19-25(29(3,4)5)31-33(26)23-14-10-12-21(2)17-23/h10-15,17-19H,7-9,16,20H2,1-6H3,(H,30,34). The molecule has 1 N–H and O–H groups in total. The average molecular weight is 491 g/mol. The van der Waals surface area contributed by atoms with Crippen LogP contribution in [-0.4, -0.2) is 46.7 Å². The number of hydrogen-bond acceptors (Lipinski definition) is 4. The van der Waals surface area contributed by atoms with Gasteiger partial charge in [-0.15, -0.1) is 0 Å². The molecular weight excluding hydrogens is 452 g/mol. The minimum absolute atomic E-state index is 0.0520. The quantitative estimate of drug-likeness (QED) is 0.367. The van der Waals surface area contributed by atoms with Gasteiger partial charge in [-0.05, 0) is 49.2 Å². The van der Waals surface area contributed by atoms with Gasteiger partial charge in [0.2, 0.25) is 5.91 Å². The molecule has 0 aliphatic carbocycles. The van der Waals surface area contributed by atoms with Crippen LogP contribution in [0.15, 0.2) is 54.6 Å². The van der Waals surface area contributed by atoms with E-state index >= 15 is 0 Å². The molecule has 0 bridgehead atoms. The Labute approximate surface area is 214 Å². The first-order valence-corrected chi connectivity index (χ1v) is 12.5. The van der Waals surface area contributed by atoms with Crippen LogP contribution in [0.4, 0.5) is 5.82 Å². The fourth-order valence-corrected chi connectivity index (χ4v) is 3.89. The smallest absolute Gasteiger partial charge is 0.254 e. The summed E-state index contributed by atoms with van der Waals surface area (Å²) >= 11 is 0. The first-order chi connectivity index (χ1) is 17.1. The van der Waals surface area contributed by atoms with Crippen molar-refractivity contribution in [2.24, 2.45) is 0 Å². The van der Waals surface area contributed by atoms with E-state index in [-0.39, 0.29) is 23.8 Å². The van der Waals surface area contributed by atoms with Gasteiger partial charge in [0, 0.05) is 23.6 Å². The summed E-state index contributed by atoms with van der Waals surface area (Å²) in [5, 5.41) is 7.81. The van der Waals surface area contributed by atoms with Crippen molar-refractivity contribution in [1.29, 1.82) is 0 Å². The molecule has 7 heteroatoms. The number of unbranched alkanes of at least 4 members (excludes halogenated alkanes) is 2. The molecule has 0 atom stereocenters. The summed E-state index contributed by atoms with van der Waals surface area (Å²) in [4.78, 5) is 28.2. The number of benzene rings is 2. The lowest BCUT2D eigenvalue weighted by Gasteiger charge is -2.22. The highest BCUT2D eigenvalue weighted by Gasteiger charge is 2.23. The van der Waals surface area contributed by atoms with Gasteiger partial charge in [0.05, 0.1) is 18.5 Å². The van der Waals surface area contributed by atoms with Crippen molar-refractivity contribution >= 4 is 17.6 Å². The minimum atomic E-state index is -0.267. The third-order valence-electron chi connectivity index (χ3n) is 5.96. The van der Waals surface area contributed by atoms with Crippen molar-refractivity contribution in [3.63, 3.8) is 0 Å². The Kier molecular flexibility index (Phi) is 8.91. The van der Waals surface area contributed by atoms with E-state index in [1.54, 1.807) is 41.0 Å². The monoisotopic (exact) mass is 490 g/mol. The zero-order chi connectivity index (χ0) is 26.3. The van der Waals surface area contributed by atoms with Crippen molar-refractivity contribution in [3.8, 4) is 11.4 Å². The van der Waals surface area contributed by atoms with Crippen molar-refractivity contribution in [2.45, 2.75) is 59.3 Å². The average Bonchev–Trinajstić information content (AvgIpc) is 3.27. The number of aryl methyl sites for hydroxylation is 1. The molecule has 3 rings (SSSR count). The van der Waals surface area contributed by atoms with Gasteiger partial charge < -0.3 is 15.0 Å². The lowest BCUT2D eigenvalue weighted by molar-refractivity contribution is -0.117. The zero-order valence-corrected chi connectivity index (χ0v) is 22.3. The van der Waals surface area contributed by atoms with E-state index in [0.29, 0.717) is 23.7 Å². The van der Waals surface area contributed by atoms with E-state index in [1.165, 1.54) is 0 Å². The number of ether oxygens (including phenoxy) is 1. The number of carbonyl (C=O) groups excluding carboxylic acids is 2. The number of anilines is 1. The molecule has 0 unspecified atom stereocenters. The number of carbonyl (C=O) groups is 2. The van der Waals surface area contributed by atoms with Crippen LogP contribution < -0.4 is 10.1 Å². The number of methoxy groups -OCH3 is 1. The van der Waals surface area contributed by atoms with Crippen LogP contribution in [0.1, 0.15) is 68.6 Å². The lowest BCUT2D eigenvalue weighted by atomic mass is 9.92. The molecular formula is C29H38N4O3. The van der Waals surface area contributed by atoms with Gasteiger partial charge in [0.15, 0.2) is 0 Å². The van der Waals surface area contributed by atoms with Gasteiger partial charge in [-0.2, -0.15) is 5.10 Å². The first-order valence-electron chi connectivity index (χ1n) is 12.5. The summed E-state index contributed by atoms with van der Waals surface area (Å²) in [6.07, 6.45) is 2.84. The number of rotatable bonds is 10. The zero-order valence-electron chi connectivity index (χ0n) is 22.3. The summed E-state index contributed by atoms with van der Waals surface area (Å²) in [7, 11) is 1.57. The SMILES string of the molecule is CCCCCN(CC(=O)Nc1cc(C(C)(C)C)nn1-c1cccc(C)c1)C(=O)c1cccc(OC)c1. The molecule has 1 aromatic heterocycles. The molecule has 1 heterocycles. The maximum absolute atomic E-state index is 13.3. The fraction of sp³-hybridized carbons (Fsp3) is 0.414. The molecule has 3 aromatic rings. The molecule has 0 aliphatic rings. The van der Waals surface area contributed by atoms with Gasteiger partial charge in [-0.25, -0.2) is 4.68 Å². The van der Waals surface area contributed by atoms with Crippen molar-refractivity contribution in [3.05, 3.63) is 71.4 Å². The van der Waals surface area contributed by atoms with Crippen molar-refractivity contribution < 1.29 is 14.3 Å². The molecule has 7 nitrogen and oxygen atoms in total. The van der Waals surface area contributed by atoms with E-state index < -0.39 is 0 Å². The third kappa shape index (κ3) is 6.97. The van der Waals surface area contributed by atoms with Crippen LogP contribution in [0.5, 0.6) is 5.75 Å². The maximum Gasteiger partial charge on any atom is 0.254 e. The molecule has 0 aliphatic heterocycles. The van der Waals surface area contributed by atoms with Crippen LogP contribution in [0.3, 0.4) is 0 Å². The van der Waals surface area contributed by atoms with Crippen LogP contribution >= 0.6 is 0 Å². The van der Waals surface area contributed by atoms with Gasteiger partial charge in [-0.1, -0.05) is 58.7 Å². The van der Waals surface area contributed by atoms with Crippen LogP contribution in [0.25, 0.3) is 5.69 Å². The maximum atomic E-state index is 13.3.